The molecule has 26 heavy (non-hydrogen) atoms. The Morgan fingerprint density at radius 2 is 1.69 bits per heavy atom. The molecule has 0 fully saturated rings. The fourth-order valence-corrected chi connectivity index (χ4v) is 3.22. The van der Waals surface area contributed by atoms with E-state index in [9.17, 15) is 9.59 Å². The van der Waals surface area contributed by atoms with E-state index in [-0.39, 0.29) is 17.9 Å². The molecule has 2 aromatic carbocycles. The van der Waals surface area contributed by atoms with E-state index in [1.165, 1.54) is 0 Å². The zero-order valence-corrected chi connectivity index (χ0v) is 17.3. The molecule has 0 aliphatic rings. The summed E-state index contributed by atoms with van der Waals surface area (Å²) in [6, 6.07) is 16.1. The molecule has 2 N–H and O–H groups in total. The highest BCUT2D eigenvalue weighted by Crippen LogP contribution is 2.17. The summed E-state index contributed by atoms with van der Waals surface area (Å²) in [5.74, 6) is 0.390. The van der Waals surface area contributed by atoms with Crippen LogP contribution in [0, 0.1) is 0 Å². The molecule has 0 aromatic heterocycles. The molecule has 0 spiro atoms. The SMILES string of the molecule is CSCCC(NC(=O)c1ccccc1)C(=O)NC(C)c1ccc(Br)cc1. The molecule has 2 aromatic rings. The van der Waals surface area contributed by atoms with Crippen molar-refractivity contribution in [2.75, 3.05) is 12.0 Å². The minimum Gasteiger partial charge on any atom is -0.348 e. The molecular weight excluding hydrogens is 412 g/mol. The molecule has 0 bridgehead atoms. The fraction of sp³-hybridized carbons (Fsp3) is 0.300. The highest BCUT2D eigenvalue weighted by molar-refractivity contribution is 9.10. The Balaban J connectivity index is 2.03. The van der Waals surface area contributed by atoms with Gasteiger partial charge in [0.1, 0.15) is 6.04 Å². The van der Waals surface area contributed by atoms with E-state index in [4.69, 9.17) is 0 Å². The molecule has 2 rings (SSSR count). The molecule has 0 heterocycles. The van der Waals surface area contributed by atoms with E-state index in [2.05, 4.69) is 26.6 Å². The molecule has 2 atom stereocenters. The van der Waals surface area contributed by atoms with Crippen LogP contribution >= 0.6 is 27.7 Å². The lowest BCUT2D eigenvalue weighted by atomic mass is 10.1. The van der Waals surface area contributed by atoms with Gasteiger partial charge in [0.05, 0.1) is 6.04 Å². The fourth-order valence-electron chi connectivity index (χ4n) is 2.48. The highest BCUT2D eigenvalue weighted by Gasteiger charge is 2.22. The van der Waals surface area contributed by atoms with Gasteiger partial charge in [-0.3, -0.25) is 9.59 Å². The summed E-state index contributed by atoms with van der Waals surface area (Å²) in [7, 11) is 0. The topological polar surface area (TPSA) is 58.2 Å². The summed E-state index contributed by atoms with van der Waals surface area (Å²) in [4.78, 5) is 25.1. The Kier molecular flexibility index (Phi) is 8.19. The third kappa shape index (κ3) is 6.18. The van der Waals surface area contributed by atoms with Crippen molar-refractivity contribution >= 4 is 39.5 Å². The third-order valence-corrected chi connectivity index (χ3v) is 5.17. The molecule has 0 aliphatic heterocycles. The van der Waals surface area contributed by atoms with Crippen LogP contribution in [0.15, 0.2) is 59.1 Å². The average Bonchev–Trinajstić information content (AvgIpc) is 2.66. The summed E-state index contributed by atoms with van der Waals surface area (Å²) < 4.78 is 0.993. The first-order chi connectivity index (χ1) is 12.5. The first kappa shape index (κ1) is 20.5. The number of nitrogens with one attached hydrogen (secondary N) is 2. The van der Waals surface area contributed by atoms with Gasteiger partial charge in [-0.25, -0.2) is 0 Å². The van der Waals surface area contributed by atoms with Crippen LogP contribution in [-0.2, 0) is 4.79 Å². The van der Waals surface area contributed by atoms with Gasteiger partial charge >= 0.3 is 0 Å². The van der Waals surface area contributed by atoms with Crippen LogP contribution in [-0.4, -0.2) is 29.9 Å². The van der Waals surface area contributed by atoms with Gasteiger partial charge in [0.15, 0.2) is 0 Å². The first-order valence-corrected chi connectivity index (χ1v) is 10.6. The molecule has 0 saturated heterocycles. The second kappa shape index (κ2) is 10.4. The second-order valence-electron chi connectivity index (χ2n) is 5.96. The van der Waals surface area contributed by atoms with E-state index in [1.54, 1.807) is 23.9 Å². The van der Waals surface area contributed by atoms with Crippen molar-refractivity contribution in [3.63, 3.8) is 0 Å². The average molecular weight is 435 g/mol. The van der Waals surface area contributed by atoms with Crippen LogP contribution in [0.1, 0.15) is 35.3 Å². The summed E-state index contributed by atoms with van der Waals surface area (Å²) >= 11 is 5.06. The quantitative estimate of drug-likeness (QED) is 0.654. The Bertz CT molecular complexity index is 722. The molecule has 138 valence electrons. The van der Waals surface area contributed by atoms with Crippen molar-refractivity contribution < 1.29 is 9.59 Å². The molecule has 2 unspecified atom stereocenters. The maximum absolute atomic E-state index is 12.7. The lowest BCUT2D eigenvalue weighted by Crippen LogP contribution is -2.47. The summed E-state index contributed by atoms with van der Waals surface area (Å²) in [5, 5.41) is 5.87. The van der Waals surface area contributed by atoms with Crippen molar-refractivity contribution in [3.05, 3.63) is 70.2 Å². The number of rotatable bonds is 8. The van der Waals surface area contributed by atoms with E-state index in [0.717, 1.165) is 15.8 Å². The molecule has 0 radical (unpaired) electrons. The third-order valence-electron chi connectivity index (χ3n) is 4.00. The van der Waals surface area contributed by atoms with Gasteiger partial charge in [0.25, 0.3) is 5.91 Å². The normalized spacial score (nSPS) is 12.9. The van der Waals surface area contributed by atoms with Crippen LogP contribution in [0.2, 0.25) is 0 Å². The number of thioether (sulfide) groups is 1. The lowest BCUT2D eigenvalue weighted by molar-refractivity contribution is -0.123. The van der Waals surface area contributed by atoms with Gasteiger partial charge in [-0.15, -0.1) is 0 Å². The van der Waals surface area contributed by atoms with Crippen LogP contribution in [0.3, 0.4) is 0 Å². The molecular formula is C20H23BrN2O2S. The molecule has 4 nitrogen and oxygen atoms in total. The van der Waals surface area contributed by atoms with Crippen LogP contribution in [0.25, 0.3) is 0 Å². The number of hydrogen-bond donors (Lipinski definition) is 2. The molecule has 0 saturated carbocycles. The van der Waals surface area contributed by atoms with Crippen molar-refractivity contribution in [1.29, 1.82) is 0 Å². The number of amides is 2. The van der Waals surface area contributed by atoms with Crippen molar-refractivity contribution in [3.8, 4) is 0 Å². The number of carbonyl (C=O) groups excluding carboxylic acids is 2. The van der Waals surface area contributed by atoms with Crippen molar-refractivity contribution in [2.24, 2.45) is 0 Å². The minimum absolute atomic E-state index is 0.138. The van der Waals surface area contributed by atoms with Crippen LogP contribution in [0.5, 0.6) is 0 Å². The lowest BCUT2D eigenvalue weighted by Gasteiger charge is -2.21. The first-order valence-electron chi connectivity index (χ1n) is 8.42. The van der Waals surface area contributed by atoms with Gasteiger partial charge in [-0.2, -0.15) is 11.8 Å². The van der Waals surface area contributed by atoms with Crippen LogP contribution in [0.4, 0.5) is 0 Å². The molecule has 2 amide bonds. The van der Waals surface area contributed by atoms with Crippen molar-refractivity contribution in [2.45, 2.75) is 25.4 Å². The van der Waals surface area contributed by atoms with E-state index >= 15 is 0 Å². The maximum Gasteiger partial charge on any atom is 0.251 e. The summed E-state index contributed by atoms with van der Waals surface area (Å²) in [5.41, 5.74) is 1.56. The van der Waals surface area contributed by atoms with Gasteiger partial charge in [-0.1, -0.05) is 46.3 Å². The number of carbonyl (C=O) groups is 2. The smallest absolute Gasteiger partial charge is 0.251 e. The largest absolute Gasteiger partial charge is 0.348 e. The van der Waals surface area contributed by atoms with Crippen molar-refractivity contribution in [1.82, 2.24) is 10.6 Å². The summed E-state index contributed by atoms with van der Waals surface area (Å²) in [6.45, 7) is 1.94. The predicted octanol–water partition coefficient (Wildman–Crippen LogP) is 4.18. The number of hydrogen-bond acceptors (Lipinski definition) is 3. The Morgan fingerprint density at radius 1 is 1.04 bits per heavy atom. The van der Waals surface area contributed by atoms with Gasteiger partial charge in [0.2, 0.25) is 5.91 Å². The second-order valence-corrected chi connectivity index (χ2v) is 7.86. The predicted molar refractivity (Wildman–Crippen MR) is 111 cm³/mol. The monoisotopic (exact) mass is 434 g/mol. The van der Waals surface area contributed by atoms with E-state index in [0.29, 0.717) is 12.0 Å². The van der Waals surface area contributed by atoms with Gasteiger partial charge in [0, 0.05) is 10.0 Å². The van der Waals surface area contributed by atoms with E-state index in [1.807, 2.05) is 55.6 Å². The zero-order chi connectivity index (χ0) is 18.9. The Morgan fingerprint density at radius 3 is 2.31 bits per heavy atom. The molecule has 0 aliphatic carbocycles. The minimum atomic E-state index is -0.562. The number of benzene rings is 2. The van der Waals surface area contributed by atoms with Crippen LogP contribution < -0.4 is 10.6 Å². The summed E-state index contributed by atoms with van der Waals surface area (Å²) in [6.07, 6.45) is 2.57. The van der Waals surface area contributed by atoms with Gasteiger partial charge in [-0.05, 0) is 55.2 Å². The molecule has 6 heteroatoms. The highest BCUT2D eigenvalue weighted by atomic mass is 79.9. The standard InChI is InChI=1S/C20H23BrN2O2S/c1-14(15-8-10-17(21)11-9-15)22-20(25)18(12-13-26-2)23-19(24)16-6-4-3-5-7-16/h3-11,14,18H,12-13H2,1-2H3,(H,22,25)(H,23,24). The van der Waals surface area contributed by atoms with E-state index < -0.39 is 6.04 Å². The number of halogens is 1. The van der Waals surface area contributed by atoms with Gasteiger partial charge < -0.3 is 10.6 Å². The Labute approximate surface area is 167 Å². The Hall–Kier alpha value is -1.79. The zero-order valence-electron chi connectivity index (χ0n) is 14.9. The maximum atomic E-state index is 12.7.